The minimum Gasteiger partial charge on any atom is -0.383 e. The maximum absolute atomic E-state index is 12.9. The normalized spacial score (nSPS) is 21.3. The van der Waals surface area contributed by atoms with Crippen LogP contribution in [-0.2, 0) is 27.9 Å². The second-order valence-electron chi connectivity index (χ2n) is 6.57. The van der Waals surface area contributed by atoms with Crippen molar-refractivity contribution in [1.82, 2.24) is 19.2 Å². The molecular formula is C16H25N6O6PS. The number of nitrogen functional groups attached to an aromatic ring is 2. The van der Waals surface area contributed by atoms with Gasteiger partial charge in [-0.15, -0.1) is 0 Å². The molecule has 14 heteroatoms. The topological polar surface area (TPSA) is 157 Å². The summed E-state index contributed by atoms with van der Waals surface area (Å²) >= 11 is 1.09. The predicted molar refractivity (Wildman–Crippen MR) is 113 cm³/mol. The van der Waals surface area contributed by atoms with Crippen LogP contribution >= 0.6 is 19.5 Å². The molecule has 0 aromatic carbocycles. The molecule has 3 atom stereocenters. The van der Waals surface area contributed by atoms with E-state index in [0.29, 0.717) is 16.8 Å². The van der Waals surface area contributed by atoms with Gasteiger partial charge in [0, 0.05) is 18.9 Å². The Kier molecular flexibility index (Phi) is 7.34. The quantitative estimate of drug-likeness (QED) is 0.410. The number of carbonyl (C=O) groups excluding carboxylic acids is 1. The van der Waals surface area contributed by atoms with Crippen molar-refractivity contribution >= 4 is 47.4 Å². The number of aromatic nitrogens is 3. The van der Waals surface area contributed by atoms with E-state index < -0.39 is 20.3 Å². The van der Waals surface area contributed by atoms with Gasteiger partial charge < -0.3 is 25.5 Å². The zero-order valence-electron chi connectivity index (χ0n) is 16.9. The van der Waals surface area contributed by atoms with Crippen LogP contribution in [0.3, 0.4) is 0 Å². The van der Waals surface area contributed by atoms with Gasteiger partial charge in [0.15, 0.2) is 17.6 Å². The van der Waals surface area contributed by atoms with E-state index in [0.717, 1.165) is 11.8 Å². The fourth-order valence-corrected chi connectivity index (χ4v) is 4.49. The van der Waals surface area contributed by atoms with E-state index in [1.165, 1.54) is 11.6 Å². The van der Waals surface area contributed by atoms with E-state index in [-0.39, 0.29) is 36.7 Å². The first-order valence-electron chi connectivity index (χ1n) is 9.06. The summed E-state index contributed by atoms with van der Waals surface area (Å²) in [6, 6.07) is 1.77. The van der Waals surface area contributed by atoms with Gasteiger partial charge in [0.25, 0.3) is 0 Å². The first kappa shape index (κ1) is 22.9. The average molecular weight is 460 g/mol. The Balaban J connectivity index is 1.59. The van der Waals surface area contributed by atoms with E-state index in [9.17, 15) is 9.36 Å². The van der Waals surface area contributed by atoms with Gasteiger partial charge in [0.1, 0.15) is 18.1 Å². The summed E-state index contributed by atoms with van der Waals surface area (Å²) in [5.41, 5.74) is 12.1. The number of hydrogen-bond acceptors (Lipinski definition) is 11. The number of anilines is 2. The summed E-state index contributed by atoms with van der Waals surface area (Å²) < 4.78 is 38.4. The zero-order valence-corrected chi connectivity index (χ0v) is 18.6. The molecule has 0 spiro atoms. The minimum absolute atomic E-state index is 0.0377. The number of rotatable bonds is 9. The number of hydrogen-bond donors (Lipinski definition) is 2. The van der Waals surface area contributed by atoms with E-state index in [1.54, 1.807) is 30.9 Å². The molecule has 1 aliphatic rings. The highest BCUT2D eigenvalue weighted by Crippen LogP contribution is 2.50. The van der Waals surface area contributed by atoms with E-state index in [2.05, 4.69) is 9.97 Å². The molecule has 0 aliphatic carbocycles. The van der Waals surface area contributed by atoms with Crippen molar-refractivity contribution in [3.8, 4) is 0 Å². The summed E-state index contributed by atoms with van der Waals surface area (Å²) in [4.78, 5) is 19.1. The van der Waals surface area contributed by atoms with Crippen molar-refractivity contribution in [2.75, 3.05) is 51.1 Å². The average Bonchev–Trinajstić information content (AvgIpc) is 3.30. The Morgan fingerprint density at radius 1 is 1.40 bits per heavy atom. The van der Waals surface area contributed by atoms with Gasteiger partial charge in [-0.3, -0.25) is 13.8 Å². The fraction of sp³-hybridized carbons (Fsp3) is 0.562. The Hall–Kier alpha value is -1.73. The molecule has 30 heavy (non-hydrogen) atoms. The molecule has 1 aliphatic heterocycles. The molecule has 0 amide bonds. The molecular weight excluding hydrogens is 435 g/mol. The van der Waals surface area contributed by atoms with Crippen LogP contribution < -0.4 is 11.5 Å². The standard InChI is InChI=1S/C16H25N6O6PS/c1-10(23)30-7-6-26-29(24,21(2)3)27-9-13-25-8-12(28-13)22-5-4-11-14(17)19-16(18)20-15(11)22/h4-5,12-13H,6-9H2,1-3H3,(H4,17,18,19,20)/t12-,13-,29?/m1/s1. The Labute approximate surface area is 177 Å². The second-order valence-corrected chi connectivity index (χ2v) is 10.1. The third-order valence-electron chi connectivity index (χ3n) is 4.17. The molecule has 0 bridgehead atoms. The smallest absolute Gasteiger partial charge is 0.383 e. The highest BCUT2D eigenvalue weighted by Gasteiger charge is 2.34. The van der Waals surface area contributed by atoms with Crippen LogP contribution in [0.5, 0.6) is 0 Å². The van der Waals surface area contributed by atoms with Crippen molar-refractivity contribution in [3.05, 3.63) is 12.3 Å². The Morgan fingerprint density at radius 3 is 2.87 bits per heavy atom. The lowest BCUT2D eigenvalue weighted by molar-refractivity contribution is -0.109. The molecule has 2 aromatic rings. The van der Waals surface area contributed by atoms with E-state index in [4.69, 9.17) is 30.0 Å². The molecule has 2 aromatic heterocycles. The van der Waals surface area contributed by atoms with Gasteiger partial charge in [-0.2, -0.15) is 9.97 Å². The SMILES string of the molecule is CC(=O)SCCOP(=O)(OC[C@@H]1OC[C@H](n2ccc3c(N)nc(N)nc32)O1)N(C)C. The summed E-state index contributed by atoms with van der Waals surface area (Å²) in [5, 5.41) is 0.616. The first-order chi connectivity index (χ1) is 14.2. The van der Waals surface area contributed by atoms with Gasteiger partial charge in [-0.1, -0.05) is 11.8 Å². The number of nitrogens with zero attached hydrogens (tertiary/aromatic N) is 4. The Morgan fingerprint density at radius 2 is 2.17 bits per heavy atom. The molecule has 1 saturated heterocycles. The van der Waals surface area contributed by atoms with Crippen LogP contribution in [0.2, 0.25) is 0 Å². The van der Waals surface area contributed by atoms with Gasteiger partial charge in [0.2, 0.25) is 5.95 Å². The van der Waals surface area contributed by atoms with Crippen molar-refractivity contribution in [3.63, 3.8) is 0 Å². The summed E-state index contributed by atoms with van der Waals surface area (Å²) in [6.45, 7) is 1.68. The van der Waals surface area contributed by atoms with Gasteiger partial charge in [-0.25, -0.2) is 9.24 Å². The highest BCUT2D eigenvalue weighted by atomic mass is 32.2. The maximum Gasteiger partial charge on any atom is 0.407 e. The lowest BCUT2D eigenvalue weighted by Crippen LogP contribution is -2.21. The van der Waals surface area contributed by atoms with Crippen LogP contribution in [0.25, 0.3) is 11.0 Å². The van der Waals surface area contributed by atoms with E-state index >= 15 is 0 Å². The first-order valence-corrected chi connectivity index (χ1v) is 11.5. The van der Waals surface area contributed by atoms with Crippen LogP contribution in [0, 0.1) is 0 Å². The Bertz CT molecular complexity index is 956. The molecule has 0 saturated carbocycles. The number of thioether (sulfide) groups is 1. The van der Waals surface area contributed by atoms with Crippen LogP contribution in [-0.4, -0.2) is 70.3 Å². The number of fused-ring (bicyclic) bond motifs is 1. The van der Waals surface area contributed by atoms with Crippen molar-refractivity contribution in [2.24, 2.45) is 0 Å². The number of nitrogens with two attached hydrogens (primary N) is 2. The number of ether oxygens (including phenoxy) is 2. The van der Waals surface area contributed by atoms with Crippen LogP contribution in [0.4, 0.5) is 11.8 Å². The predicted octanol–water partition coefficient (Wildman–Crippen LogP) is 1.45. The van der Waals surface area contributed by atoms with Gasteiger partial charge in [0.05, 0.1) is 18.6 Å². The molecule has 0 radical (unpaired) electrons. The molecule has 4 N–H and O–H groups in total. The second kappa shape index (κ2) is 9.60. The number of carbonyl (C=O) groups is 1. The minimum atomic E-state index is -3.55. The van der Waals surface area contributed by atoms with Crippen LogP contribution in [0.1, 0.15) is 13.2 Å². The largest absolute Gasteiger partial charge is 0.407 e. The molecule has 166 valence electrons. The lowest BCUT2D eigenvalue weighted by atomic mass is 10.4. The molecule has 1 unspecified atom stereocenters. The van der Waals surface area contributed by atoms with Crippen molar-refractivity contribution in [2.45, 2.75) is 19.4 Å². The third kappa shape index (κ3) is 5.30. The lowest BCUT2D eigenvalue weighted by Gasteiger charge is -2.24. The van der Waals surface area contributed by atoms with E-state index in [1.807, 2.05) is 0 Å². The highest BCUT2D eigenvalue weighted by molar-refractivity contribution is 8.13. The monoisotopic (exact) mass is 460 g/mol. The molecule has 3 rings (SSSR count). The molecule has 3 heterocycles. The zero-order chi connectivity index (χ0) is 21.9. The summed E-state index contributed by atoms with van der Waals surface area (Å²) in [5.74, 6) is 0.719. The van der Waals surface area contributed by atoms with Gasteiger partial charge >= 0.3 is 7.75 Å². The molecule has 1 fully saturated rings. The fourth-order valence-electron chi connectivity index (χ4n) is 2.74. The van der Waals surface area contributed by atoms with Crippen molar-refractivity contribution < 1.29 is 27.9 Å². The third-order valence-corrected chi connectivity index (χ3v) is 6.91. The van der Waals surface area contributed by atoms with Gasteiger partial charge in [-0.05, 0) is 20.2 Å². The van der Waals surface area contributed by atoms with Crippen molar-refractivity contribution in [1.29, 1.82) is 0 Å². The molecule has 12 nitrogen and oxygen atoms in total. The summed E-state index contributed by atoms with van der Waals surface area (Å²) in [7, 11) is -0.384. The summed E-state index contributed by atoms with van der Waals surface area (Å²) in [6.07, 6.45) is 0.510. The maximum atomic E-state index is 12.9. The van der Waals surface area contributed by atoms with Crippen LogP contribution in [0.15, 0.2) is 12.3 Å².